The molecule has 1 fully saturated rings. The van der Waals surface area contributed by atoms with E-state index in [1.807, 2.05) is 29.2 Å². The summed E-state index contributed by atoms with van der Waals surface area (Å²) in [7, 11) is 3.41. The molecule has 1 amide bonds. The van der Waals surface area contributed by atoms with Crippen LogP contribution in [0.3, 0.4) is 0 Å². The summed E-state index contributed by atoms with van der Waals surface area (Å²) in [6.45, 7) is 1.50. The van der Waals surface area contributed by atoms with Gasteiger partial charge in [-0.05, 0) is 6.07 Å². The monoisotopic (exact) mass is 342 g/mol. The number of carbonyl (C=O) groups excluding carboxylic acids is 1. The average molecular weight is 342 g/mol. The van der Waals surface area contributed by atoms with Gasteiger partial charge in [-0.15, -0.1) is 0 Å². The summed E-state index contributed by atoms with van der Waals surface area (Å²) in [6.07, 6.45) is 3.28. The minimum Gasteiger partial charge on any atom is -0.496 e. The van der Waals surface area contributed by atoms with Crippen molar-refractivity contribution in [3.05, 3.63) is 47.9 Å². The van der Waals surface area contributed by atoms with Gasteiger partial charge in [-0.25, -0.2) is 4.98 Å². The van der Waals surface area contributed by atoms with Gasteiger partial charge >= 0.3 is 0 Å². The van der Waals surface area contributed by atoms with Crippen LogP contribution in [0.5, 0.6) is 5.75 Å². The van der Waals surface area contributed by atoms with E-state index < -0.39 is 0 Å². The number of nitrogens with zero attached hydrogens (tertiary/aromatic N) is 3. The summed E-state index contributed by atoms with van der Waals surface area (Å²) in [5.41, 5.74) is 1.60. The lowest BCUT2D eigenvalue weighted by atomic mass is 10.1. The van der Waals surface area contributed by atoms with Crippen LogP contribution in [0.1, 0.15) is 17.4 Å². The van der Waals surface area contributed by atoms with Crippen molar-refractivity contribution in [3.8, 4) is 5.75 Å². The molecular formula is C18H22N4O3. The van der Waals surface area contributed by atoms with E-state index >= 15 is 0 Å². The molecule has 1 atom stereocenters. The third kappa shape index (κ3) is 3.88. The van der Waals surface area contributed by atoms with Crippen LogP contribution in [0.4, 0.5) is 5.82 Å². The van der Waals surface area contributed by atoms with Crippen LogP contribution in [0.15, 0.2) is 36.7 Å². The van der Waals surface area contributed by atoms with E-state index in [0.717, 1.165) is 17.0 Å². The molecule has 25 heavy (non-hydrogen) atoms. The van der Waals surface area contributed by atoms with Gasteiger partial charge in [0.15, 0.2) is 0 Å². The Morgan fingerprint density at radius 3 is 2.96 bits per heavy atom. The van der Waals surface area contributed by atoms with Gasteiger partial charge in [-0.1, -0.05) is 18.2 Å². The molecule has 2 heterocycles. The smallest absolute Gasteiger partial charge is 0.227 e. The Hall–Kier alpha value is -2.67. The Kier molecular flexibility index (Phi) is 5.45. The molecule has 0 aliphatic carbocycles. The van der Waals surface area contributed by atoms with E-state index in [9.17, 15) is 4.79 Å². The maximum Gasteiger partial charge on any atom is 0.227 e. The number of para-hydroxylation sites is 1. The number of aromatic nitrogens is 2. The molecule has 0 bridgehead atoms. The quantitative estimate of drug-likeness (QED) is 0.891. The fraction of sp³-hybridized carbons (Fsp3) is 0.389. The van der Waals surface area contributed by atoms with E-state index in [2.05, 4.69) is 15.3 Å². The van der Waals surface area contributed by atoms with E-state index in [-0.39, 0.29) is 12.0 Å². The minimum atomic E-state index is -0.286. The molecule has 2 aromatic rings. The third-order valence-corrected chi connectivity index (χ3v) is 4.22. The van der Waals surface area contributed by atoms with E-state index in [1.54, 1.807) is 26.6 Å². The van der Waals surface area contributed by atoms with Crippen molar-refractivity contribution >= 4 is 11.7 Å². The van der Waals surface area contributed by atoms with Gasteiger partial charge in [-0.2, -0.15) is 0 Å². The van der Waals surface area contributed by atoms with Crippen LogP contribution >= 0.6 is 0 Å². The van der Waals surface area contributed by atoms with Crippen molar-refractivity contribution in [2.75, 3.05) is 39.2 Å². The fourth-order valence-electron chi connectivity index (χ4n) is 2.94. The minimum absolute atomic E-state index is 0.0488. The summed E-state index contributed by atoms with van der Waals surface area (Å²) < 4.78 is 11.2. The van der Waals surface area contributed by atoms with Gasteiger partial charge in [0.05, 0.1) is 26.7 Å². The summed E-state index contributed by atoms with van der Waals surface area (Å²) in [4.78, 5) is 23.2. The van der Waals surface area contributed by atoms with Gasteiger partial charge in [-0.3, -0.25) is 9.78 Å². The number of rotatable bonds is 5. The van der Waals surface area contributed by atoms with Crippen molar-refractivity contribution in [3.63, 3.8) is 0 Å². The summed E-state index contributed by atoms with van der Waals surface area (Å²) >= 11 is 0. The maximum atomic E-state index is 12.7. The fourth-order valence-corrected chi connectivity index (χ4v) is 2.94. The predicted molar refractivity (Wildman–Crippen MR) is 93.5 cm³/mol. The SMILES string of the molecule is CNc1nccnc1C1CN(C(=O)Cc2ccccc2OC)CCO1. The van der Waals surface area contributed by atoms with Crippen LogP contribution in [-0.4, -0.2) is 54.6 Å². The lowest BCUT2D eigenvalue weighted by Gasteiger charge is -2.33. The second-order valence-electron chi connectivity index (χ2n) is 5.73. The molecule has 1 saturated heterocycles. The number of morpholine rings is 1. The maximum absolute atomic E-state index is 12.7. The second-order valence-corrected chi connectivity index (χ2v) is 5.73. The van der Waals surface area contributed by atoms with Crippen molar-refractivity contribution in [1.82, 2.24) is 14.9 Å². The highest BCUT2D eigenvalue weighted by Crippen LogP contribution is 2.26. The normalized spacial score (nSPS) is 17.2. The van der Waals surface area contributed by atoms with Gasteiger partial charge in [0.1, 0.15) is 23.4 Å². The van der Waals surface area contributed by atoms with E-state index in [0.29, 0.717) is 31.9 Å². The van der Waals surface area contributed by atoms with Gasteiger partial charge < -0.3 is 19.7 Å². The number of nitrogens with one attached hydrogen (secondary N) is 1. The third-order valence-electron chi connectivity index (χ3n) is 4.22. The molecule has 0 saturated carbocycles. The standard InChI is InChI=1S/C18H22N4O3/c1-19-18-17(20-7-8-21-18)15-12-22(9-10-25-15)16(23)11-13-5-3-4-6-14(13)24-2/h3-8,15H,9-12H2,1-2H3,(H,19,21). The Morgan fingerprint density at radius 1 is 1.36 bits per heavy atom. The number of ether oxygens (including phenoxy) is 2. The number of benzene rings is 1. The Labute approximate surface area is 147 Å². The van der Waals surface area contributed by atoms with Crippen molar-refractivity contribution in [2.24, 2.45) is 0 Å². The number of amides is 1. The molecule has 0 radical (unpaired) electrons. The lowest BCUT2D eigenvalue weighted by Crippen LogP contribution is -2.43. The molecular weight excluding hydrogens is 320 g/mol. The number of hydrogen-bond donors (Lipinski definition) is 1. The summed E-state index contributed by atoms with van der Waals surface area (Å²) in [5, 5.41) is 3.02. The van der Waals surface area contributed by atoms with Crippen LogP contribution in [0, 0.1) is 0 Å². The topological polar surface area (TPSA) is 76.6 Å². The Bertz CT molecular complexity index is 738. The first-order valence-electron chi connectivity index (χ1n) is 8.23. The molecule has 132 valence electrons. The zero-order valence-electron chi connectivity index (χ0n) is 14.4. The molecule has 7 nitrogen and oxygen atoms in total. The van der Waals surface area contributed by atoms with Crippen LogP contribution in [-0.2, 0) is 16.0 Å². The van der Waals surface area contributed by atoms with E-state index in [1.165, 1.54) is 0 Å². The van der Waals surface area contributed by atoms with Crippen molar-refractivity contribution < 1.29 is 14.3 Å². The zero-order valence-corrected chi connectivity index (χ0v) is 14.4. The average Bonchev–Trinajstić information content (AvgIpc) is 2.68. The molecule has 1 N–H and O–H groups in total. The largest absolute Gasteiger partial charge is 0.496 e. The second kappa shape index (κ2) is 7.94. The zero-order chi connectivity index (χ0) is 17.6. The molecule has 1 aliphatic rings. The van der Waals surface area contributed by atoms with Gasteiger partial charge in [0.25, 0.3) is 0 Å². The lowest BCUT2D eigenvalue weighted by molar-refractivity contribution is -0.138. The number of methoxy groups -OCH3 is 1. The first kappa shape index (κ1) is 17.2. The van der Waals surface area contributed by atoms with Crippen molar-refractivity contribution in [2.45, 2.75) is 12.5 Å². The highest BCUT2D eigenvalue weighted by atomic mass is 16.5. The predicted octanol–water partition coefficient (Wildman–Crippen LogP) is 1.67. The molecule has 7 heteroatoms. The molecule has 1 aromatic carbocycles. The molecule has 1 aromatic heterocycles. The molecule has 1 unspecified atom stereocenters. The van der Waals surface area contributed by atoms with Gasteiger partial charge in [0.2, 0.25) is 5.91 Å². The molecule has 1 aliphatic heterocycles. The Balaban J connectivity index is 1.71. The van der Waals surface area contributed by atoms with Crippen LogP contribution in [0.2, 0.25) is 0 Å². The summed E-state index contributed by atoms with van der Waals surface area (Å²) in [5.74, 6) is 1.45. The Morgan fingerprint density at radius 2 is 2.16 bits per heavy atom. The highest BCUT2D eigenvalue weighted by Gasteiger charge is 2.28. The van der Waals surface area contributed by atoms with Crippen LogP contribution < -0.4 is 10.1 Å². The first-order valence-corrected chi connectivity index (χ1v) is 8.23. The summed E-state index contributed by atoms with van der Waals surface area (Å²) in [6, 6.07) is 7.58. The highest BCUT2D eigenvalue weighted by molar-refractivity contribution is 5.79. The molecule has 0 spiro atoms. The van der Waals surface area contributed by atoms with Gasteiger partial charge in [0, 0.05) is 31.5 Å². The molecule has 3 rings (SSSR count). The number of hydrogen-bond acceptors (Lipinski definition) is 6. The van der Waals surface area contributed by atoms with E-state index in [4.69, 9.17) is 9.47 Å². The van der Waals surface area contributed by atoms with Crippen LogP contribution in [0.25, 0.3) is 0 Å². The first-order chi connectivity index (χ1) is 12.2. The van der Waals surface area contributed by atoms with Crippen molar-refractivity contribution in [1.29, 1.82) is 0 Å². The number of anilines is 1. The number of carbonyl (C=O) groups is 1.